The zero-order chi connectivity index (χ0) is 16.3. The molecule has 22 heavy (non-hydrogen) atoms. The molecule has 0 aliphatic heterocycles. The summed E-state index contributed by atoms with van der Waals surface area (Å²) < 4.78 is 18.5. The number of nitrogens with zero attached hydrogens (tertiary/aromatic N) is 1. The molecule has 1 heterocycles. The maximum absolute atomic E-state index is 13.5. The van der Waals surface area contributed by atoms with Gasteiger partial charge in [0.25, 0.3) is 0 Å². The van der Waals surface area contributed by atoms with Crippen molar-refractivity contribution in [1.82, 2.24) is 10.5 Å². The van der Waals surface area contributed by atoms with E-state index in [1.807, 2.05) is 0 Å². The third-order valence-corrected chi connectivity index (χ3v) is 3.69. The Labute approximate surface area is 132 Å². The second kappa shape index (κ2) is 6.89. The lowest BCUT2D eigenvalue weighted by molar-refractivity contribution is -0.121. The van der Waals surface area contributed by atoms with E-state index < -0.39 is 11.9 Å². The van der Waals surface area contributed by atoms with E-state index in [1.54, 1.807) is 19.9 Å². The number of aliphatic hydroxyl groups is 1. The van der Waals surface area contributed by atoms with Crippen molar-refractivity contribution in [3.05, 3.63) is 51.6 Å². The minimum atomic E-state index is -0.709. The van der Waals surface area contributed by atoms with Crippen LogP contribution in [0.25, 0.3) is 0 Å². The lowest BCUT2D eigenvalue weighted by Crippen LogP contribution is -2.32. The van der Waals surface area contributed by atoms with Gasteiger partial charge in [-0.15, -0.1) is 0 Å². The molecule has 1 aromatic carbocycles. The number of amides is 1. The number of rotatable bonds is 5. The third-order valence-electron chi connectivity index (χ3n) is 3.38. The molecule has 2 aromatic rings. The largest absolute Gasteiger partial charge is 0.394 e. The molecule has 7 heteroatoms. The summed E-state index contributed by atoms with van der Waals surface area (Å²) in [6.07, 6.45) is 0.0771. The zero-order valence-corrected chi connectivity index (χ0v) is 12.9. The monoisotopic (exact) mass is 326 g/mol. The van der Waals surface area contributed by atoms with Crippen LogP contribution in [0.1, 0.15) is 28.6 Å². The summed E-state index contributed by atoms with van der Waals surface area (Å²) >= 11 is 5.62. The number of aromatic nitrogens is 1. The summed E-state index contributed by atoms with van der Waals surface area (Å²) in [5.41, 5.74) is 1.79. The average molecular weight is 327 g/mol. The van der Waals surface area contributed by atoms with Crippen LogP contribution in [-0.4, -0.2) is 22.8 Å². The Hall–Kier alpha value is -1.92. The van der Waals surface area contributed by atoms with Crippen LogP contribution < -0.4 is 5.32 Å². The van der Waals surface area contributed by atoms with E-state index in [2.05, 4.69) is 10.5 Å². The van der Waals surface area contributed by atoms with E-state index in [4.69, 9.17) is 16.1 Å². The van der Waals surface area contributed by atoms with Gasteiger partial charge in [-0.05, 0) is 31.5 Å². The molecule has 1 atom stereocenters. The van der Waals surface area contributed by atoms with Crippen molar-refractivity contribution in [3.63, 3.8) is 0 Å². The molecule has 0 saturated carbocycles. The molecule has 2 rings (SSSR count). The Morgan fingerprint density at radius 1 is 1.50 bits per heavy atom. The standard InChI is InChI=1S/C15H16ClFN2O3/c1-8-11(9(2)22-19-8)6-15(21)18-14(7-20)10-3-4-12(16)13(17)5-10/h3-5,14,20H,6-7H2,1-2H3,(H,18,21)/t14-/m0/s1. The van der Waals surface area contributed by atoms with Gasteiger partial charge in [-0.1, -0.05) is 22.8 Å². The number of carbonyl (C=O) groups is 1. The molecule has 0 bridgehead atoms. The highest BCUT2D eigenvalue weighted by Gasteiger charge is 2.18. The lowest BCUT2D eigenvalue weighted by Gasteiger charge is -2.17. The van der Waals surface area contributed by atoms with Crippen LogP contribution in [0.5, 0.6) is 0 Å². The second-order valence-electron chi connectivity index (χ2n) is 4.96. The topological polar surface area (TPSA) is 75.4 Å². The number of carbonyl (C=O) groups excluding carboxylic acids is 1. The Morgan fingerprint density at radius 2 is 2.23 bits per heavy atom. The van der Waals surface area contributed by atoms with Gasteiger partial charge >= 0.3 is 0 Å². The first-order chi connectivity index (χ1) is 10.4. The van der Waals surface area contributed by atoms with Gasteiger partial charge in [0.15, 0.2) is 0 Å². The average Bonchev–Trinajstić information content (AvgIpc) is 2.79. The number of hydrogen-bond donors (Lipinski definition) is 2. The van der Waals surface area contributed by atoms with Crippen molar-refractivity contribution in [2.45, 2.75) is 26.3 Å². The number of halogens is 2. The number of hydrogen-bond acceptors (Lipinski definition) is 4. The van der Waals surface area contributed by atoms with Crippen LogP contribution in [0.4, 0.5) is 4.39 Å². The fourth-order valence-electron chi connectivity index (χ4n) is 2.12. The minimum Gasteiger partial charge on any atom is -0.394 e. The van der Waals surface area contributed by atoms with Crippen molar-refractivity contribution >= 4 is 17.5 Å². The summed E-state index contributed by atoms with van der Waals surface area (Å²) in [6.45, 7) is 3.12. The number of benzene rings is 1. The molecule has 0 radical (unpaired) electrons. The van der Waals surface area contributed by atoms with Crippen LogP contribution in [0.2, 0.25) is 5.02 Å². The molecule has 1 aromatic heterocycles. The number of aryl methyl sites for hydroxylation is 2. The second-order valence-corrected chi connectivity index (χ2v) is 5.36. The Kier molecular flexibility index (Phi) is 5.15. The van der Waals surface area contributed by atoms with Gasteiger partial charge in [-0.25, -0.2) is 4.39 Å². The summed E-state index contributed by atoms with van der Waals surface area (Å²) in [4.78, 5) is 12.1. The molecule has 0 unspecified atom stereocenters. The van der Waals surface area contributed by atoms with Crippen molar-refractivity contribution in [3.8, 4) is 0 Å². The van der Waals surface area contributed by atoms with Crippen molar-refractivity contribution in [2.24, 2.45) is 0 Å². The fraction of sp³-hybridized carbons (Fsp3) is 0.333. The molecule has 0 spiro atoms. The quantitative estimate of drug-likeness (QED) is 0.885. The molecule has 2 N–H and O–H groups in total. The lowest BCUT2D eigenvalue weighted by atomic mass is 10.1. The van der Waals surface area contributed by atoms with Gasteiger partial charge in [0.2, 0.25) is 5.91 Å². The van der Waals surface area contributed by atoms with Gasteiger partial charge in [0.05, 0.1) is 29.8 Å². The third kappa shape index (κ3) is 3.64. The first-order valence-electron chi connectivity index (χ1n) is 6.69. The van der Waals surface area contributed by atoms with Crippen LogP contribution in [0.3, 0.4) is 0 Å². The molecular formula is C15H16ClFN2O3. The predicted molar refractivity (Wildman–Crippen MR) is 79.1 cm³/mol. The van der Waals surface area contributed by atoms with Crippen LogP contribution in [0, 0.1) is 19.7 Å². The van der Waals surface area contributed by atoms with Gasteiger partial charge in [-0.3, -0.25) is 4.79 Å². The van der Waals surface area contributed by atoms with Crippen LogP contribution >= 0.6 is 11.6 Å². The maximum Gasteiger partial charge on any atom is 0.225 e. The van der Waals surface area contributed by atoms with Crippen molar-refractivity contribution in [1.29, 1.82) is 0 Å². The highest BCUT2D eigenvalue weighted by Crippen LogP contribution is 2.20. The summed E-state index contributed by atoms with van der Waals surface area (Å²) in [7, 11) is 0. The summed E-state index contributed by atoms with van der Waals surface area (Å²) in [6, 6.07) is 3.43. The normalized spacial score (nSPS) is 12.2. The number of nitrogens with one attached hydrogen (secondary N) is 1. The Balaban J connectivity index is 2.09. The summed E-state index contributed by atoms with van der Waals surface area (Å²) in [5, 5.41) is 15.8. The highest BCUT2D eigenvalue weighted by atomic mass is 35.5. The van der Waals surface area contributed by atoms with E-state index in [0.29, 0.717) is 22.6 Å². The van der Waals surface area contributed by atoms with E-state index in [1.165, 1.54) is 12.1 Å². The molecule has 118 valence electrons. The Bertz CT molecular complexity index is 668. The first kappa shape index (κ1) is 16.5. The smallest absolute Gasteiger partial charge is 0.225 e. The van der Waals surface area contributed by atoms with E-state index >= 15 is 0 Å². The van der Waals surface area contributed by atoms with Gasteiger partial charge in [0, 0.05) is 5.56 Å². The predicted octanol–water partition coefficient (Wildman–Crippen LogP) is 2.48. The van der Waals surface area contributed by atoms with Gasteiger partial charge in [0.1, 0.15) is 11.6 Å². The molecule has 0 saturated heterocycles. The SMILES string of the molecule is Cc1noc(C)c1CC(=O)N[C@@H](CO)c1ccc(Cl)c(F)c1. The molecular weight excluding hydrogens is 311 g/mol. The van der Waals surface area contributed by atoms with E-state index in [0.717, 1.165) is 0 Å². The first-order valence-corrected chi connectivity index (χ1v) is 7.07. The van der Waals surface area contributed by atoms with Crippen molar-refractivity contribution in [2.75, 3.05) is 6.61 Å². The van der Waals surface area contributed by atoms with Crippen LogP contribution in [-0.2, 0) is 11.2 Å². The molecule has 0 aliphatic carbocycles. The minimum absolute atomic E-state index is 0.0116. The van der Waals surface area contributed by atoms with Crippen LogP contribution in [0.15, 0.2) is 22.7 Å². The number of aliphatic hydroxyl groups excluding tert-OH is 1. The van der Waals surface area contributed by atoms with Crippen molar-refractivity contribution < 1.29 is 18.8 Å². The molecule has 1 amide bonds. The molecule has 0 fully saturated rings. The molecule has 5 nitrogen and oxygen atoms in total. The highest BCUT2D eigenvalue weighted by molar-refractivity contribution is 6.30. The fourth-order valence-corrected chi connectivity index (χ4v) is 2.24. The molecule has 0 aliphatic rings. The Morgan fingerprint density at radius 3 is 2.77 bits per heavy atom. The van der Waals surface area contributed by atoms with E-state index in [-0.39, 0.29) is 24.0 Å². The maximum atomic E-state index is 13.5. The zero-order valence-electron chi connectivity index (χ0n) is 12.2. The summed E-state index contributed by atoms with van der Waals surface area (Å²) in [5.74, 6) is -0.341. The van der Waals surface area contributed by atoms with Gasteiger partial charge < -0.3 is 14.9 Å². The van der Waals surface area contributed by atoms with Gasteiger partial charge in [-0.2, -0.15) is 0 Å². The van der Waals surface area contributed by atoms with E-state index in [9.17, 15) is 14.3 Å².